The number of carbonyl (C=O) groups is 2. The maximum atomic E-state index is 13.3. The topological polar surface area (TPSA) is 138 Å². The average molecular weight is 567 g/mol. The normalized spacial score (nSPS) is 17.3. The van der Waals surface area contributed by atoms with Crippen LogP contribution in [0, 0.1) is 5.41 Å². The van der Waals surface area contributed by atoms with Crippen LogP contribution in [0.15, 0.2) is 58.3 Å². The third-order valence-corrected chi connectivity index (χ3v) is 9.76. The molecular weight excluding hydrogens is 532 g/mol. The van der Waals surface area contributed by atoms with Gasteiger partial charge in [-0.1, -0.05) is 13.8 Å². The molecule has 0 radical (unpaired) electrons. The molecule has 2 aromatic rings. The number of nitrogens with zero attached hydrogens (tertiary/aromatic N) is 2. The molecule has 38 heavy (non-hydrogen) atoms. The summed E-state index contributed by atoms with van der Waals surface area (Å²) in [5.41, 5.74) is -0.679. The number of piperazine rings is 1. The monoisotopic (exact) mass is 566 g/mol. The molecule has 3 rings (SSSR count). The Hall–Kier alpha value is -2.96. The van der Waals surface area contributed by atoms with E-state index in [4.69, 9.17) is 9.84 Å². The highest BCUT2D eigenvalue weighted by Gasteiger charge is 2.39. The first-order chi connectivity index (χ1) is 17.6. The van der Waals surface area contributed by atoms with Gasteiger partial charge in [0.05, 0.1) is 22.0 Å². The molecule has 0 aromatic heterocycles. The molecule has 1 atom stereocenters. The van der Waals surface area contributed by atoms with Crippen molar-refractivity contribution in [3.63, 3.8) is 0 Å². The second-order valence-corrected chi connectivity index (χ2v) is 14.0. The Morgan fingerprint density at radius 1 is 0.974 bits per heavy atom. The van der Waals surface area contributed by atoms with Crippen molar-refractivity contribution in [1.29, 1.82) is 0 Å². The molecule has 1 N–H and O–H groups in total. The van der Waals surface area contributed by atoms with Crippen molar-refractivity contribution in [2.75, 3.05) is 32.5 Å². The van der Waals surface area contributed by atoms with Crippen LogP contribution in [0.2, 0.25) is 0 Å². The van der Waals surface area contributed by atoms with E-state index in [9.17, 15) is 26.4 Å². The fourth-order valence-corrected chi connectivity index (χ4v) is 6.65. The second kappa shape index (κ2) is 11.4. The van der Waals surface area contributed by atoms with Gasteiger partial charge in [-0.15, -0.1) is 0 Å². The molecule has 1 aliphatic heterocycles. The van der Waals surface area contributed by atoms with Crippen LogP contribution in [0.1, 0.15) is 44.0 Å². The van der Waals surface area contributed by atoms with Gasteiger partial charge < -0.3 is 14.7 Å². The lowest BCUT2D eigenvalue weighted by Gasteiger charge is -2.41. The Balaban J connectivity index is 1.54. The number of benzene rings is 2. The van der Waals surface area contributed by atoms with E-state index in [1.54, 1.807) is 24.0 Å². The molecule has 1 aliphatic rings. The molecule has 208 valence electrons. The van der Waals surface area contributed by atoms with Gasteiger partial charge in [0.15, 0.2) is 9.84 Å². The maximum Gasteiger partial charge on any atom is 0.335 e. The van der Waals surface area contributed by atoms with Crippen LogP contribution in [-0.4, -0.2) is 81.6 Å². The minimum Gasteiger partial charge on any atom is -0.494 e. The van der Waals surface area contributed by atoms with Crippen molar-refractivity contribution >= 4 is 31.7 Å². The lowest BCUT2D eigenvalue weighted by molar-refractivity contribution is -0.143. The van der Waals surface area contributed by atoms with E-state index >= 15 is 0 Å². The van der Waals surface area contributed by atoms with Gasteiger partial charge in [-0.2, -0.15) is 4.31 Å². The summed E-state index contributed by atoms with van der Waals surface area (Å²) < 4.78 is 56.5. The number of hydrogen-bond donors (Lipinski definition) is 1. The first kappa shape index (κ1) is 29.6. The fraction of sp³-hybridized carbons (Fsp3) is 0.462. The molecule has 2 aromatic carbocycles. The highest BCUT2D eigenvalue weighted by molar-refractivity contribution is 7.90. The quantitative estimate of drug-likeness (QED) is 0.433. The minimum atomic E-state index is -3.84. The molecule has 1 unspecified atom stereocenters. The van der Waals surface area contributed by atoms with Gasteiger partial charge in [0.2, 0.25) is 15.9 Å². The summed E-state index contributed by atoms with van der Waals surface area (Å²) in [5, 5.41) is 9.05. The van der Waals surface area contributed by atoms with Crippen molar-refractivity contribution in [1.82, 2.24) is 9.21 Å². The van der Waals surface area contributed by atoms with Crippen LogP contribution in [0.3, 0.4) is 0 Å². The molecule has 1 fully saturated rings. The molecule has 0 bridgehead atoms. The molecule has 12 heteroatoms. The molecule has 1 amide bonds. The second-order valence-electron chi connectivity index (χ2n) is 10.1. The highest BCUT2D eigenvalue weighted by Crippen LogP contribution is 2.29. The third-order valence-electron chi connectivity index (χ3n) is 6.61. The molecule has 10 nitrogen and oxygen atoms in total. The zero-order valence-corrected chi connectivity index (χ0v) is 23.6. The number of carboxylic acids is 1. The van der Waals surface area contributed by atoms with E-state index in [0.29, 0.717) is 25.2 Å². The van der Waals surface area contributed by atoms with Crippen LogP contribution in [0.25, 0.3) is 0 Å². The highest BCUT2D eigenvalue weighted by atomic mass is 32.2. The first-order valence-electron chi connectivity index (χ1n) is 12.2. The Kier molecular flexibility index (Phi) is 8.89. The van der Waals surface area contributed by atoms with Gasteiger partial charge in [-0.3, -0.25) is 4.79 Å². The number of sulfonamides is 1. The number of aromatic carboxylic acids is 1. The largest absolute Gasteiger partial charge is 0.494 e. The van der Waals surface area contributed by atoms with E-state index in [2.05, 4.69) is 0 Å². The summed E-state index contributed by atoms with van der Waals surface area (Å²) in [6.45, 7) is 6.46. The Morgan fingerprint density at radius 3 is 2.08 bits per heavy atom. The van der Waals surface area contributed by atoms with E-state index in [-0.39, 0.29) is 40.9 Å². The lowest BCUT2D eigenvalue weighted by Crippen LogP contribution is -2.57. The summed E-state index contributed by atoms with van der Waals surface area (Å²) in [4.78, 5) is 26.3. The molecule has 0 aliphatic carbocycles. The Labute approximate surface area is 224 Å². The predicted octanol–water partition coefficient (Wildman–Crippen LogP) is 2.90. The summed E-state index contributed by atoms with van der Waals surface area (Å²) in [6.07, 6.45) is 2.29. The van der Waals surface area contributed by atoms with Crippen LogP contribution in [0.5, 0.6) is 5.75 Å². The first-order valence-corrected chi connectivity index (χ1v) is 15.5. The number of carboxylic acid groups (broad SMARTS) is 1. The van der Waals surface area contributed by atoms with E-state index in [1.165, 1.54) is 40.7 Å². The zero-order valence-electron chi connectivity index (χ0n) is 22.0. The number of carbonyl (C=O) groups excluding carboxylic acids is 1. The summed E-state index contributed by atoms with van der Waals surface area (Å²) in [7, 11) is -7.11. The van der Waals surface area contributed by atoms with Gasteiger partial charge in [0.1, 0.15) is 5.75 Å². The van der Waals surface area contributed by atoms with Gasteiger partial charge >= 0.3 is 5.97 Å². The summed E-state index contributed by atoms with van der Waals surface area (Å²) in [6, 6.07) is 10.8. The molecule has 0 spiro atoms. The molecule has 1 heterocycles. The molecule has 0 saturated carbocycles. The van der Waals surface area contributed by atoms with Crippen LogP contribution in [-0.2, 0) is 24.7 Å². The Morgan fingerprint density at radius 2 is 1.55 bits per heavy atom. The number of rotatable bonds is 10. The summed E-state index contributed by atoms with van der Waals surface area (Å²) in [5.74, 6) is -0.651. The number of ether oxygens (including phenoxy) is 1. The van der Waals surface area contributed by atoms with Gasteiger partial charge in [0, 0.05) is 37.3 Å². The van der Waals surface area contributed by atoms with Crippen molar-refractivity contribution < 1.29 is 36.3 Å². The number of amides is 1. The standard InChI is InChI=1S/C26H34N2O8S2/c1-19-18-27(15-16-28(19)38(34,35)23-10-6-20(7-11-23)24(29)30)25(31)26(2,3)14-5-17-36-21-8-12-22(13-9-21)37(4,32)33/h6-13,19H,5,14-18H2,1-4H3,(H,29,30). The fourth-order valence-electron chi connectivity index (χ4n) is 4.41. The Bertz CT molecular complexity index is 1370. The van der Waals surface area contributed by atoms with E-state index < -0.39 is 37.3 Å². The maximum absolute atomic E-state index is 13.3. The lowest BCUT2D eigenvalue weighted by atomic mass is 9.86. The van der Waals surface area contributed by atoms with Gasteiger partial charge in [-0.25, -0.2) is 21.6 Å². The van der Waals surface area contributed by atoms with Crippen molar-refractivity contribution in [3.8, 4) is 5.75 Å². The average Bonchev–Trinajstić information content (AvgIpc) is 2.85. The van der Waals surface area contributed by atoms with Crippen molar-refractivity contribution in [3.05, 3.63) is 54.1 Å². The zero-order chi connectivity index (χ0) is 28.3. The number of sulfone groups is 1. The predicted molar refractivity (Wildman–Crippen MR) is 141 cm³/mol. The third kappa shape index (κ3) is 6.91. The van der Waals surface area contributed by atoms with E-state index in [0.717, 1.165) is 6.26 Å². The van der Waals surface area contributed by atoms with Crippen LogP contribution in [0.4, 0.5) is 0 Å². The van der Waals surface area contributed by atoms with Gasteiger partial charge in [-0.05, 0) is 68.3 Å². The van der Waals surface area contributed by atoms with Crippen molar-refractivity contribution in [2.45, 2.75) is 49.4 Å². The van der Waals surface area contributed by atoms with Gasteiger partial charge in [0.25, 0.3) is 0 Å². The number of hydrogen-bond acceptors (Lipinski definition) is 7. The SMILES string of the molecule is CC1CN(C(=O)C(C)(C)CCCOc2ccc(S(C)(=O)=O)cc2)CCN1S(=O)(=O)c1ccc(C(=O)O)cc1. The van der Waals surface area contributed by atoms with Crippen LogP contribution < -0.4 is 4.74 Å². The van der Waals surface area contributed by atoms with Crippen LogP contribution >= 0.6 is 0 Å². The smallest absolute Gasteiger partial charge is 0.335 e. The van der Waals surface area contributed by atoms with E-state index in [1.807, 2.05) is 13.8 Å². The van der Waals surface area contributed by atoms with Crippen molar-refractivity contribution in [2.24, 2.45) is 5.41 Å². The molecular formula is C26H34N2O8S2. The minimum absolute atomic E-state index is 0.00453. The summed E-state index contributed by atoms with van der Waals surface area (Å²) >= 11 is 0. The molecule has 1 saturated heterocycles.